The highest BCUT2D eigenvalue weighted by Gasteiger charge is 2.62. The summed E-state index contributed by atoms with van der Waals surface area (Å²) >= 11 is 0. The first kappa shape index (κ1) is 128. The van der Waals surface area contributed by atoms with Gasteiger partial charge in [0.05, 0.1) is 6.67 Å². The molecular weight excluding hydrogens is 1610 g/mol. The molecule has 0 nitrogen and oxygen atoms in total. The SMILES string of the molecule is C.CC(C)C1(C(C)C)CC(C)(C)C1.CC(C)C1(C(C)C)CC(F)(F)C1.CC(C)C1(C(C)C)CC2(CCCC2)C1.CC(C)C1(C(C)C)CC2(CCCCC2)C1.CC(C)C1(C(C)C)CCC(C)(C)CC1.CC(C)C1(C(C)C)CCC(C)(F)CC1.CC(C)C1(C(C)C)CCCC1.CC(C)C1(C(C)C)CCCCC1.CC(C)C1(C(C)C)CCCCCC1.CCC1(CF)CC(C(C)C)(C(C)C)C1. The van der Waals surface area contributed by atoms with E-state index in [0.717, 1.165) is 139 Å². The van der Waals surface area contributed by atoms with Crippen LogP contribution in [0.4, 0.5) is 17.6 Å². The summed E-state index contributed by atoms with van der Waals surface area (Å²) in [6, 6.07) is 0. The van der Waals surface area contributed by atoms with E-state index in [9.17, 15) is 17.6 Å². The molecule has 0 aromatic carbocycles. The molecule has 4 heteroatoms. The van der Waals surface area contributed by atoms with Crippen molar-refractivity contribution in [3.05, 3.63) is 0 Å². The second-order valence-corrected chi connectivity index (χ2v) is 58.2. The van der Waals surface area contributed by atoms with Crippen molar-refractivity contribution in [3.63, 3.8) is 0 Å². The Balaban J connectivity index is 0.000000497. The third-order valence-corrected chi connectivity index (χ3v) is 44.7. The predicted octanol–water partition coefficient (Wildman–Crippen LogP) is 44.8. The molecule has 0 radical (unpaired) electrons. The van der Waals surface area contributed by atoms with Gasteiger partial charge in [0.15, 0.2) is 0 Å². The molecule has 0 N–H and O–H groups in total. The minimum atomic E-state index is -2.38. The summed E-state index contributed by atoms with van der Waals surface area (Å²) in [7, 11) is 0. The highest BCUT2D eigenvalue weighted by Crippen LogP contribution is 2.70. The Kier molecular flexibility index (Phi) is 50.3. The average Bonchev–Trinajstić information content (AvgIpc) is 1.71. The molecule has 12 aliphatic carbocycles. The number of alkyl halides is 4. The maximum Gasteiger partial charge on any atom is 0.249 e. The van der Waals surface area contributed by atoms with Crippen LogP contribution in [0.25, 0.3) is 0 Å². The lowest BCUT2D eigenvalue weighted by Crippen LogP contribution is -2.53. The first-order valence-corrected chi connectivity index (χ1v) is 58.6. The van der Waals surface area contributed by atoms with Gasteiger partial charge in [-0.3, -0.25) is 4.39 Å². The highest BCUT2D eigenvalue weighted by atomic mass is 19.3. The van der Waals surface area contributed by atoms with Crippen molar-refractivity contribution in [2.75, 3.05) is 6.67 Å². The number of halogens is 4. The van der Waals surface area contributed by atoms with Crippen LogP contribution in [-0.2, 0) is 0 Å². The van der Waals surface area contributed by atoms with Crippen LogP contribution in [0.2, 0.25) is 0 Å². The maximum atomic E-state index is 13.7. The van der Waals surface area contributed by atoms with Crippen molar-refractivity contribution in [3.8, 4) is 0 Å². The Bertz CT molecular complexity index is 2800. The van der Waals surface area contributed by atoms with Crippen LogP contribution in [-0.4, -0.2) is 18.3 Å². The molecule has 0 heterocycles. The van der Waals surface area contributed by atoms with Crippen LogP contribution in [0.3, 0.4) is 0 Å². The summed E-state index contributed by atoms with van der Waals surface area (Å²) < 4.78 is 52.2. The standard InChI is InChI=1S/C15H28.C14H26.C14H28.2C13H25F.C13H26.2C12H24.C11H22.C10H18F2.CH4/c1-12(2)15(13(3)4)10-14(11-15)8-6-5-7-9-14;1-11(2)14(12(3)4)9-13(10-14)7-5-6-8-13;1-11(2)14(12(3)4)9-7-13(5,6)8-10-14;1-10(2)13(11(3)4)8-6-12(5,14)7-9-13;1-6-12(9-14)7-13(8-12,10(2)3)11(4)5;1-11(2)13(12(3)4)9-7-5-6-8-10-13;1-9(2)12(10(3)4)7-11(5,6)8-12;1-10(2)12(11(3)4)8-6-5-7-9-12;1-9(2)11(10(3)4)7-5-6-8-11;1-7(2)9(8(3)4)5-10(11,12)6-9;/h12-13H,5-11H2,1-4H3;11-12H,5-10H2,1-4H3;11-12H,7-10H2,1-6H3;2*10-11H,6-9H2,1-5H3;11-12H,5-10H2,1-4H3;9-10H,7-8H2,1-6H3;10-11H,5-9H2,1-4H3;9-10H,5-8H2,1-4H3;7-8H,5-6H2,1-4H3;1H4. The van der Waals surface area contributed by atoms with Crippen LogP contribution >= 0.6 is 0 Å². The largest absolute Gasteiger partial charge is 0.250 e. The van der Waals surface area contributed by atoms with Crippen molar-refractivity contribution in [2.24, 2.45) is 200 Å². The normalized spacial score (nSPS) is 25.4. The first-order chi connectivity index (χ1) is 59.9. The third kappa shape index (κ3) is 31.1. The minimum Gasteiger partial charge on any atom is -0.250 e. The van der Waals surface area contributed by atoms with Crippen molar-refractivity contribution in [2.45, 2.75) is 614 Å². The predicted molar refractivity (Wildman–Crippen MR) is 587 cm³/mol. The van der Waals surface area contributed by atoms with Gasteiger partial charge in [-0.2, -0.15) is 0 Å². The van der Waals surface area contributed by atoms with Crippen LogP contribution < -0.4 is 0 Å². The third-order valence-electron chi connectivity index (χ3n) is 44.7. The van der Waals surface area contributed by atoms with Crippen LogP contribution in [0.5, 0.6) is 0 Å². The zero-order chi connectivity index (χ0) is 101. The lowest BCUT2D eigenvalue weighted by Gasteiger charge is -2.62. The summed E-state index contributed by atoms with van der Waals surface area (Å²) in [6.45, 7) is 108. The smallest absolute Gasteiger partial charge is 0.249 e. The molecule has 0 bridgehead atoms. The number of hydrogen-bond donors (Lipinski definition) is 0. The Morgan fingerprint density at radius 1 is 0.182 bits per heavy atom. The molecule has 0 amide bonds. The van der Waals surface area contributed by atoms with E-state index in [1.165, 1.54) is 218 Å². The van der Waals surface area contributed by atoms with E-state index in [2.05, 4.69) is 312 Å². The summed E-state index contributed by atoms with van der Waals surface area (Å²) in [5.74, 6) is 13.3. The van der Waals surface area contributed by atoms with E-state index in [0.29, 0.717) is 95.1 Å². The Labute approximate surface area is 832 Å². The number of hydrogen-bond acceptors (Lipinski definition) is 0. The van der Waals surface area contributed by atoms with E-state index in [4.69, 9.17) is 0 Å². The molecule has 2 spiro atoms. The van der Waals surface area contributed by atoms with Gasteiger partial charge in [0.2, 0.25) is 5.92 Å². The summed E-state index contributed by atoms with van der Waals surface area (Å²) in [5.41, 5.74) is 7.41. The van der Waals surface area contributed by atoms with Gasteiger partial charge in [0.1, 0.15) is 5.67 Å². The van der Waals surface area contributed by atoms with Gasteiger partial charge in [-0.1, -0.05) is 409 Å². The fourth-order valence-corrected chi connectivity index (χ4v) is 33.0. The van der Waals surface area contributed by atoms with Gasteiger partial charge in [-0.05, 0) is 380 Å². The second kappa shape index (κ2) is 52.0. The molecule has 12 saturated carbocycles. The van der Waals surface area contributed by atoms with Gasteiger partial charge in [-0.15, -0.1) is 0 Å². The molecule has 0 atom stereocenters. The molecular formula is C128H250F4. The summed E-state index contributed by atoms with van der Waals surface area (Å²) in [6.07, 6.45) is 57.5. The fourth-order valence-electron chi connectivity index (χ4n) is 33.0. The molecule has 12 aliphatic rings. The van der Waals surface area contributed by atoms with E-state index >= 15 is 0 Å². The van der Waals surface area contributed by atoms with Crippen LogP contribution in [0.15, 0.2) is 0 Å². The van der Waals surface area contributed by atoms with Crippen LogP contribution in [0.1, 0.15) is 602 Å². The van der Waals surface area contributed by atoms with Gasteiger partial charge in [0, 0.05) is 12.8 Å². The van der Waals surface area contributed by atoms with E-state index in [1.54, 1.807) is 6.92 Å². The average molecular weight is 1870 g/mol. The van der Waals surface area contributed by atoms with Gasteiger partial charge >= 0.3 is 0 Å². The summed E-state index contributed by atoms with van der Waals surface area (Å²) in [4.78, 5) is 0. The second-order valence-electron chi connectivity index (χ2n) is 58.2. The van der Waals surface area contributed by atoms with Gasteiger partial charge in [-0.25, -0.2) is 13.2 Å². The van der Waals surface area contributed by atoms with Gasteiger partial charge in [0.25, 0.3) is 0 Å². The van der Waals surface area contributed by atoms with Crippen molar-refractivity contribution < 1.29 is 17.6 Å². The quantitative estimate of drug-likeness (QED) is 0.0749. The van der Waals surface area contributed by atoms with Gasteiger partial charge < -0.3 is 0 Å². The molecule has 0 unspecified atom stereocenters. The molecule has 0 aliphatic heterocycles. The first-order valence-electron chi connectivity index (χ1n) is 58.6. The minimum absolute atomic E-state index is 0. The lowest BCUT2D eigenvalue weighted by molar-refractivity contribution is -0.197. The molecule has 0 aromatic rings. The Hall–Kier alpha value is -0.280. The topological polar surface area (TPSA) is 0 Å². The zero-order valence-electron chi connectivity index (χ0n) is 98.7. The van der Waals surface area contributed by atoms with Crippen molar-refractivity contribution >= 4 is 0 Å². The van der Waals surface area contributed by atoms with E-state index < -0.39 is 11.6 Å². The molecule has 0 aromatic heterocycles. The number of rotatable bonds is 22. The Morgan fingerprint density at radius 2 is 0.348 bits per heavy atom. The molecule has 12 rings (SSSR count). The summed E-state index contributed by atoms with van der Waals surface area (Å²) in [5, 5.41) is 0. The fraction of sp³-hybridized carbons (Fsp3) is 1.00. The van der Waals surface area contributed by atoms with Crippen molar-refractivity contribution in [1.82, 2.24) is 0 Å². The molecule has 12 fully saturated rings. The monoisotopic (exact) mass is 1860 g/mol. The molecule has 132 heavy (non-hydrogen) atoms. The highest BCUT2D eigenvalue weighted by molar-refractivity contribution is 5.11. The molecule has 0 saturated heterocycles. The molecule has 790 valence electrons. The van der Waals surface area contributed by atoms with Crippen LogP contribution in [0, 0.1) is 200 Å². The maximum absolute atomic E-state index is 13.7. The Morgan fingerprint density at radius 3 is 0.530 bits per heavy atom. The van der Waals surface area contributed by atoms with E-state index in [1.807, 2.05) is 0 Å². The van der Waals surface area contributed by atoms with E-state index in [-0.39, 0.29) is 37.8 Å². The lowest BCUT2D eigenvalue weighted by atomic mass is 9.42. The zero-order valence-corrected chi connectivity index (χ0v) is 98.7. The van der Waals surface area contributed by atoms with Crippen molar-refractivity contribution in [1.29, 1.82) is 0 Å².